The molecule has 116 valence electrons. The van der Waals surface area contributed by atoms with E-state index >= 15 is 0 Å². The van der Waals surface area contributed by atoms with Crippen LogP contribution >= 0.6 is 0 Å². The number of amides is 1. The van der Waals surface area contributed by atoms with Gasteiger partial charge in [0.25, 0.3) is 5.91 Å². The second-order valence-electron chi connectivity index (χ2n) is 6.60. The first-order valence-electron chi connectivity index (χ1n) is 7.94. The molecule has 2 aliphatic rings. The lowest BCUT2D eigenvalue weighted by Gasteiger charge is -2.35. The maximum atomic E-state index is 12.8. The van der Waals surface area contributed by atoms with Gasteiger partial charge in [0.05, 0.1) is 5.52 Å². The fraction of sp³-hybridized carbons (Fsp3) is 0.562. The van der Waals surface area contributed by atoms with E-state index in [9.17, 15) is 4.79 Å². The number of rotatable bonds is 2. The average Bonchev–Trinajstić information content (AvgIpc) is 3.08. The maximum Gasteiger partial charge on any atom is 0.253 e. The molecule has 2 bridgehead atoms. The minimum atomic E-state index is 0.0823. The summed E-state index contributed by atoms with van der Waals surface area (Å²) in [6.45, 7) is 0. The van der Waals surface area contributed by atoms with Gasteiger partial charge in [-0.15, -0.1) is 5.10 Å². The summed E-state index contributed by atoms with van der Waals surface area (Å²) >= 11 is 0. The van der Waals surface area contributed by atoms with Gasteiger partial charge in [-0.25, -0.2) is 4.68 Å². The van der Waals surface area contributed by atoms with E-state index in [1.807, 2.05) is 37.2 Å². The molecule has 1 aromatic carbocycles. The van der Waals surface area contributed by atoms with Crippen LogP contribution in [0.4, 0.5) is 0 Å². The zero-order valence-corrected chi connectivity index (χ0v) is 13.0. The highest BCUT2D eigenvalue weighted by Gasteiger charge is 2.36. The summed E-state index contributed by atoms with van der Waals surface area (Å²) in [5, 5.41) is 11.7. The van der Waals surface area contributed by atoms with Crippen LogP contribution in [0, 0.1) is 0 Å². The summed E-state index contributed by atoms with van der Waals surface area (Å²) in [4.78, 5) is 14.7. The number of carbonyl (C=O) groups is 1. The lowest BCUT2D eigenvalue weighted by atomic mass is 9.98. The van der Waals surface area contributed by atoms with Gasteiger partial charge in [-0.2, -0.15) is 0 Å². The fourth-order valence-electron chi connectivity index (χ4n) is 3.89. The Kier molecular flexibility index (Phi) is 3.14. The van der Waals surface area contributed by atoms with Gasteiger partial charge < -0.3 is 10.2 Å². The van der Waals surface area contributed by atoms with Crippen molar-refractivity contribution >= 4 is 16.9 Å². The number of hydrogen-bond acceptors (Lipinski definition) is 4. The summed E-state index contributed by atoms with van der Waals surface area (Å²) in [5.41, 5.74) is 2.41. The smallest absolute Gasteiger partial charge is 0.253 e. The van der Waals surface area contributed by atoms with Crippen LogP contribution in [0.3, 0.4) is 0 Å². The highest BCUT2D eigenvalue weighted by atomic mass is 16.2. The molecule has 1 amide bonds. The first-order chi connectivity index (χ1) is 10.6. The first-order valence-corrected chi connectivity index (χ1v) is 7.94. The number of nitrogens with zero attached hydrogens (tertiary/aromatic N) is 4. The van der Waals surface area contributed by atoms with Crippen molar-refractivity contribution in [3.05, 3.63) is 23.8 Å². The first kappa shape index (κ1) is 13.7. The van der Waals surface area contributed by atoms with Crippen molar-refractivity contribution in [1.82, 2.24) is 25.2 Å². The molecule has 2 aliphatic heterocycles. The van der Waals surface area contributed by atoms with E-state index in [0.29, 0.717) is 23.7 Å². The summed E-state index contributed by atoms with van der Waals surface area (Å²) in [6.07, 6.45) is 4.61. The molecule has 3 heterocycles. The van der Waals surface area contributed by atoms with Gasteiger partial charge in [-0.1, -0.05) is 5.21 Å². The minimum Gasteiger partial charge on any atom is -0.339 e. The van der Waals surface area contributed by atoms with Gasteiger partial charge in [0.15, 0.2) is 0 Å². The van der Waals surface area contributed by atoms with Crippen molar-refractivity contribution in [2.24, 2.45) is 7.05 Å². The second kappa shape index (κ2) is 5.05. The van der Waals surface area contributed by atoms with Gasteiger partial charge in [0.1, 0.15) is 5.52 Å². The normalized spacial score (nSPS) is 27.3. The lowest BCUT2D eigenvalue weighted by Crippen LogP contribution is -2.48. The summed E-state index contributed by atoms with van der Waals surface area (Å²) in [6, 6.07) is 7.14. The quantitative estimate of drug-likeness (QED) is 0.908. The van der Waals surface area contributed by atoms with Gasteiger partial charge in [0.2, 0.25) is 0 Å². The molecule has 6 nitrogen and oxygen atoms in total. The van der Waals surface area contributed by atoms with Crippen molar-refractivity contribution < 1.29 is 4.79 Å². The number of fused-ring (bicyclic) bond motifs is 3. The molecule has 2 unspecified atom stereocenters. The molecule has 22 heavy (non-hydrogen) atoms. The van der Waals surface area contributed by atoms with Gasteiger partial charge >= 0.3 is 0 Å². The molecule has 0 spiro atoms. The summed E-state index contributed by atoms with van der Waals surface area (Å²) in [5.74, 6) is 0.0823. The van der Waals surface area contributed by atoms with E-state index in [1.165, 1.54) is 12.8 Å². The average molecular weight is 299 g/mol. The van der Waals surface area contributed by atoms with E-state index in [0.717, 1.165) is 23.9 Å². The summed E-state index contributed by atoms with van der Waals surface area (Å²) < 4.78 is 1.72. The number of piperidine rings is 1. The van der Waals surface area contributed by atoms with Gasteiger partial charge in [-0.05, 0) is 43.9 Å². The molecule has 0 aliphatic carbocycles. The Morgan fingerprint density at radius 1 is 1.32 bits per heavy atom. The zero-order valence-electron chi connectivity index (χ0n) is 13.0. The molecule has 1 N–H and O–H groups in total. The van der Waals surface area contributed by atoms with Crippen LogP contribution in [-0.4, -0.2) is 51.0 Å². The standard InChI is InChI=1S/C16H21N5O/c1-20(13-8-11-4-5-12(9-13)17-11)16(22)10-3-6-15-14(7-10)18-19-21(15)2/h3,6-7,11-13,17H,4-5,8-9H2,1-2H3. The van der Waals surface area contributed by atoms with E-state index < -0.39 is 0 Å². The number of benzene rings is 1. The van der Waals surface area contributed by atoms with Crippen LogP contribution in [0.1, 0.15) is 36.0 Å². The number of hydrogen-bond donors (Lipinski definition) is 1. The van der Waals surface area contributed by atoms with E-state index in [4.69, 9.17) is 0 Å². The van der Waals surface area contributed by atoms with E-state index in [-0.39, 0.29) is 5.91 Å². The summed E-state index contributed by atoms with van der Waals surface area (Å²) in [7, 11) is 3.78. The molecule has 2 saturated heterocycles. The van der Waals surface area contributed by atoms with Crippen molar-refractivity contribution in [1.29, 1.82) is 0 Å². The van der Waals surface area contributed by atoms with Crippen LogP contribution in [0.25, 0.3) is 11.0 Å². The Balaban J connectivity index is 1.56. The minimum absolute atomic E-state index is 0.0823. The number of nitrogens with one attached hydrogen (secondary N) is 1. The Bertz CT molecular complexity index is 712. The molecule has 4 rings (SSSR count). The Hall–Kier alpha value is -1.95. The Morgan fingerprint density at radius 2 is 2.05 bits per heavy atom. The number of carbonyl (C=O) groups excluding carboxylic acids is 1. The van der Waals surface area contributed by atoms with Crippen LogP contribution < -0.4 is 5.32 Å². The van der Waals surface area contributed by atoms with Crippen molar-refractivity contribution in [3.63, 3.8) is 0 Å². The predicted octanol–water partition coefficient (Wildman–Crippen LogP) is 1.32. The molecule has 0 saturated carbocycles. The lowest BCUT2D eigenvalue weighted by molar-refractivity contribution is 0.0682. The third kappa shape index (κ3) is 2.18. The van der Waals surface area contributed by atoms with Crippen molar-refractivity contribution in [3.8, 4) is 0 Å². The Labute approximate surface area is 129 Å². The molecule has 2 fully saturated rings. The predicted molar refractivity (Wildman–Crippen MR) is 83.6 cm³/mol. The van der Waals surface area contributed by atoms with Crippen LogP contribution in [0.5, 0.6) is 0 Å². The topological polar surface area (TPSA) is 63.1 Å². The van der Waals surface area contributed by atoms with Crippen LogP contribution in [0.15, 0.2) is 18.2 Å². The Morgan fingerprint density at radius 3 is 2.77 bits per heavy atom. The molecular formula is C16H21N5O. The fourth-order valence-corrected chi connectivity index (χ4v) is 3.89. The maximum absolute atomic E-state index is 12.8. The van der Waals surface area contributed by atoms with Crippen molar-refractivity contribution in [2.45, 2.75) is 43.8 Å². The van der Waals surface area contributed by atoms with E-state index in [1.54, 1.807) is 4.68 Å². The number of aromatic nitrogens is 3. The van der Waals surface area contributed by atoms with Crippen LogP contribution in [0.2, 0.25) is 0 Å². The van der Waals surface area contributed by atoms with Crippen molar-refractivity contribution in [2.75, 3.05) is 7.05 Å². The zero-order chi connectivity index (χ0) is 15.3. The van der Waals surface area contributed by atoms with Crippen LogP contribution in [-0.2, 0) is 7.05 Å². The largest absolute Gasteiger partial charge is 0.339 e. The molecule has 0 radical (unpaired) electrons. The molecule has 1 aromatic heterocycles. The highest BCUT2D eigenvalue weighted by Crippen LogP contribution is 2.30. The third-order valence-electron chi connectivity index (χ3n) is 5.17. The SMILES string of the molecule is CN(C(=O)c1ccc2c(c1)nnn2C)C1CC2CCC(C1)N2. The molecular weight excluding hydrogens is 278 g/mol. The van der Waals surface area contributed by atoms with Gasteiger partial charge in [-0.3, -0.25) is 4.79 Å². The van der Waals surface area contributed by atoms with Gasteiger partial charge in [0, 0.05) is 37.8 Å². The molecule has 2 aromatic rings. The monoisotopic (exact) mass is 299 g/mol. The van der Waals surface area contributed by atoms with E-state index in [2.05, 4.69) is 15.6 Å². The number of aryl methyl sites for hydroxylation is 1. The highest BCUT2D eigenvalue weighted by molar-refractivity contribution is 5.97. The molecule has 6 heteroatoms. The third-order valence-corrected chi connectivity index (χ3v) is 5.17. The molecule has 2 atom stereocenters. The second-order valence-corrected chi connectivity index (χ2v) is 6.60.